The van der Waals surface area contributed by atoms with Gasteiger partial charge >= 0.3 is 7.82 Å². The zero-order valence-corrected chi connectivity index (χ0v) is 46.0. The van der Waals surface area contributed by atoms with Crippen molar-refractivity contribution in [1.29, 1.82) is 0 Å². The van der Waals surface area contributed by atoms with Gasteiger partial charge in [-0.15, -0.1) is 0 Å². The number of carbonyl (C=O) groups is 1. The van der Waals surface area contributed by atoms with Crippen LogP contribution in [-0.4, -0.2) is 73.4 Å². The maximum absolute atomic E-state index is 12.9. The lowest BCUT2D eigenvalue weighted by molar-refractivity contribution is -0.870. The van der Waals surface area contributed by atoms with E-state index in [0.29, 0.717) is 23.9 Å². The molecule has 0 aliphatic carbocycles. The molecule has 3 atom stereocenters. The number of aliphatic hydroxyl groups excluding tert-OH is 1. The predicted octanol–water partition coefficient (Wildman–Crippen LogP) is 17.4. The van der Waals surface area contributed by atoms with Crippen molar-refractivity contribution in [3.8, 4) is 0 Å². The quantitative estimate of drug-likeness (QED) is 0.0243. The second-order valence-corrected chi connectivity index (χ2v) is 22.4. The third-order valence-corrected chi connectivity index (χ3v) is 14.1. The molecule has 67 heavy (non-hydrogen) atoms. The summed E-state index contributed by atoms with van der Waals surface area (Å²) in [5.74, 6) is -0.171. The highest BCUT2D eigenvalue weighted by Gasteiger charge is 2.28. The van der Waals surface area contributed by atoms with Gasteiger partial charge in [0.2, 0.25) is 5.91 Å². The SMILES string of the molecule is CC/C=C\C/C=C\C/C=C\CCCCCC(=O)NC(COP(=O)(O)OCC[N+](C)(C)C)C(O)CCCCCCCCCCCCCCCCCCCCCCCCCCCCCCCCCC. The maximum atomic E-state index is 12.9. The number of rotatable bonds is 53. The molecular weight excluding hydrogens is 852 g/mol. The average molecular weight is 967 g/mol. The molecule has 3 N–H and O–H groups in total. The van der Waals surface area contributed by atoms with E-state index in [4.69, 9.17) is 9.05 Å². The molecule has 0 aromatic rings. The third kappa shape index (κ3) is 52.4. The van der Waals surface area contributed by atoms with Crippen molar-refractivity contribution in [2.75, 3.05) is 40.9 Å². The van der Waals surface area contributed by atoms with Gasteiger partial charge in [-0.05, 0) is 44.9 Å². The molecule has 0 saturated heterocycles. The number of carbonyl (C=O) groups excluding carboxylic acids is 1. The van der Waals surface area contributed by atoms with E-state index in [1.54, 1.807) is 0 Å². The minimum absolute atomic E-state index is 0.0685. The van der Waals surface area contributed by atoms with Crippen LogP contribution >= 0.6 is 7.82 Å². The van der Waals surface area contributed by atoms with Gasteiger partial charge in [0.15, 0.2) is 0 Å². The number of nitrogens with one attached hydrogen (secondary N) is 1. The summed E-state index contributed by atoms with van der Waals surface area (Å²) in [6, 6.07) is -0.776. The van der Waals surface area contributed by atoms with Crippen LogP contribution < -0.4 is 5.32 Å². The molecule has 3 unspecified atom stereocenters. The molecule has 0 heterocycles. The molecule has 0 aromatic carbocycles. The fraction of sp³-hybridized carbons (Fsp3) is 0.879. The molecule has 0 aromatic heterocycles. The van der Waals surface area contributed by atoms with Crippen LogP contribution in [0.15, 0.2) is 36.5 Å². The molecule has 8 nitrogen and oxygen atoms in total. The van der Waals surface area contributed by atoms with Gasteiger partial charge in [-0.25, -0.2) is 4.57 Å². The summed E-state index contributed by atoms with van der Waals surface area (Å²) < 4.78 is 23.7. The standard InChI is InChI=1S/C58H113N2O6P/c1-6-8-10-12-14-16-18-20-21-22-23-24-25-26-27-28-29-30-31-32-33-34-35-36-37-38-40-41-43-45-47-49-51-57(61)56(55-66-67(63,64)65-54-53-60(3,4)5)59-58(62)52-50-48-46-44-42-39-19-17-15-13-11-9-7-2/h9,11,15,17,39,42,56-57,61H,6-8,10,12-14,16,18-38,40-41,43-55H2,1-5H3,(H-,59,62,63,64)/p+1/b11-9-,17-15-,42-39-. The maximum Gasteiger partial charge on any atom is 0.472 e. The fourth-order valence-electron chi connectivity index (χ4n) is 8.65. The lowest BCUT2D eigenvalue weighted by Gasteiger charge is -2.26. The lowest BCUT2D eigenvalue weighted by Crippen LogP contribution is -2.46. The largest absolute Gasteiger partial charge is 0.472 e. The molecule has 0 rings (SSSR count). The van der Waals surface area contributed by atoms with Gasteiger partial charge in [0.1, 0.15) is 13.2 Å². The Morgan fingerprint density at radius 3 is 1.30 bits per heavy atom. The van der Waals surface area contributed by atoms with Crippen molar-refractivity contribution >= 4 is 13.7 Å². The minimum atomic E-state index is -4.33. The number of amides is 1. The number of allylic oxidation sites excluding steroid dienone is 6. The van der Waals surface area contributed by atoms with Gasteiger partial charge in [-0.3, -0.25) is 13.8 Å². The molecule has 0 bridgehead atoms. The molecule has 0 radical (unpaired) electrons. The molecule has 9 heteroatoms. The summed E-state index contributed by atoms with van der Waals surface area (Å²) >= 11 is 0. The Morgan fingerprint density at radius 2 is 0.896 bits per heavy atom. The summed E-state index contributed by atoms with van der Waals surface area (Å²) in [5.41, 5.74) is 0. The van der Waals surface area contributed by atoms with E-state index in [1.807, 2.05) is 21.1 Å². The van der Waals surface area contributed by atoms with Crippen LogP contribution in [-0.2, 0) is 18.4 Å². The molecular formula is C58H114N2O6P+. The smallest absolute Gasteiger partial charge is 0.391 e. The van der Waals surface area contributed by atoms with Crippen LogP contribution in [0.3, 0.4) is 0 Å². The minimum Gasteiger partial charge on any atom is -0.391 e. The highest BCUT2D eigenvalue weighted by atomic mass is 31.2. The van der Waals surface area contributed by atoms with Gasteiger partial charge in [-0.2, -0.15) is 0 Å². The second kappa shape index (κ2) is 49.7. The Hall–Kier alpha value is -1.28. The molecule has 0 aliphatic rings. The summed E-state index contributed by atoms with van der Waals surface area (Å²) in [7, 11) is 1.60. The number of hydrogen-bond acceptors (Lipinski definition) is 5. The Bertz CT molecular complexity index is 1190. The second-order valence-electron chi connectivity index (χ2n) is 21.0. The zero-order chi connectivity index (χ0) is 49.2. The average Bonchev–Trinajstić information content (AvgIpc) is 3.29. The van der Waals surface area contributed by atoms with Crippen LogP contribution in [0.2, 0.25) is 0 Å². The monoisotopic (exact) mass is 966 g/mol. The molecule has 0 fully saturated rings. The van der Waals surface area contributed by atoms with Crippen LogP contribution in [0.4, 0.5) is 0 Å². The number of quaternary nitrogens is 1. The van der Waals surface area contributed by atoms with Gasteiger partial charge in [-0.1, -0.05) is 262 Å². The molecule has 0 aliphatic heterocycles. The van der Waals surface area contributed by atoms with Crippen molar-refractivity contribution < 1.29 is 32.9 Å². The van der Waals surface area contributed by atoms with E-state index in [-0.39, 0.29) is 19.1 Å². The Morgan fingerprint density at radius 1 is 0.522 bits per heavy atom. The molecule has 396 valence electrons. The van der Waals surface area contributed by atoms with Crippen molar-refractivity contribution in [2.45, 2.75) is 289 Å². The van der Waals surface area contributed by atoms with E-state index in [1.165, 1.54) is 186 Å². The third-order valence-electron chi connectivity index (χ3n) is 13.2. The Balaban J connectivity index is 4.00. The highest BCUT2D eigenvalue weighted by Crippen LogP contribution is 2.43. The summed E-state index contributed by atoms with van der Waals surface area (Å²) in [6.07, 6.45) is 63.8. The van der Waals surface area contributed by atoms with Gasteiger partial charge < -0.3 is 19.8 Å². The van der Waals surface area contributed by atoms with Crippen molar-refractivity contribution in [3.05, 3.63) is 36.5 Å². The number of hydrogen-bond donors (Lipinski definition) is 3. The van der Waals surface area contributed by atoms with E-state index < -0.39 is 20.0 Å². The fourth-order valence-corrected chi connectivity index (χ4v) is 9.39. The Labute approximate surface area is 417 Å². The zero-order valence-electron chi connectivity index (χ0n) is 45.2. The first-order valence-electron chi connectivity index (χ1n) is 28.9. The predicted molar refractivity (Wildman–Crippen MR) is 291 cm³/mol. The van der Waals surface area contributed by atoms with Crippen LogP contribution in [0.5, 0.6) is 0 Å². The van der Waals surface area contributed by atoms with Crippen LogP contribution in [0, 0.1) is 0 Å². The topological polar surface area (TPSA) is 105 Å². The van der Waals surface area contributed by atoms with E-state index in [2.05, 4.69) is 55.6 Å². The summed E-state index contributed by atoms with van der Waals surface area (Å²) in [4.78, 5) is 23.2. The van der Waals surface area contributed by atoms with Gasteiger partial charge in [0, 0.05) is 6.42 Å². The normalized spacial score (nSPS) is 14.2. The number of aliphatic hydroxyl groups is 1. The summed E-state index contributed by atoms with van der Waals surface area (Å²) in [6.45, 7) is 4.77. The number of phosphoric ester groups is 1. The first kappa shape index (κ1) is 65.7. The number of phosphoric acid groups is 1. The first-order valence-corrected chi connectivity index (χ1v) is 30.3. The van der Waals surface area contributed by atoms with Crippen LogP contribution in [0.25, 0.3) is 0 Å². The molecule has 0 saturated carbocycles. The van der Waals surface area contributed by atoms with Crippen molar-refractivity contribution in [2.24, 2.45) is 0 Å². The van der Waals surface area contributed by atoms with Crippen molar-refractivity contribution in [3.63, 3.8) is 0 Å². The number of nitrogens with zero attached hydrogens (tertiary/aromatic N) is 1. The first-order chi connectivity index (χ1) is 32.5. The highest BCUT2D eigenvalue weighted by molar-refractivity contribution is 7.47. The van der Waals surface area contributed by atoms with Crippen molar-refractivity contribution in [1.82, 2.24) is 5.32 Å². The Kier molecular flexibility index (Phi) is 48.7. The van der Waals surface area contributed by atoms with E-state index >= 15 is 0 Å². The van der Waals surface area contributed by atoms with Gasteiger partial charge in [0.25, 0.3) is 0 Å². The van der Waals surface area contributed by atoms with E-state index in [9.17, 15) is 19.4 Å². The lowest BCUT2D eigenvalue weighted by atomic mass is 10.0. The van der Waals surface area contributed by atoms with Gasteiger partial charge in [0.05, 0.1) is 39.9 Å². The number of unbranched alkanes of at least 4 members (excludes halogenated alkanes) is 34. The molecule has 1 amide bonds. The number of likely N-dealkylation sites (N-methyl/N-ethyl adjacent to an activating group) is 1. The van der Waals surface area contributed by atoms with Crippen LogP contribution in [0.1, 0.15) is 277 Å². The molecule has 0 spiro atoms. The summed E-state index contributed by atoms with van der Waals surface area (Å²) in [5, 5.41) is 14.0. The van der Waals surface area contributed by atoms with E-state index in [0.717, 1.165) is 64.2 Å².